The molecule has 0 aromatic rings. The average molecular weight is 605 g/mol. The van der Waals surface area contributed by atoms with Crippen molar-refractivity contribution < 1.29 is 38.9 Å². The third-order valence-electron chi connectivity index (χ3n) is 2.98. The molecule has 0 atom stereocenters. The van der Waals surface area contributed by atoms with Crippen molar-refractivity contribution in [3.8, 4) is 0 Å². The van der Waals surface area contributed by atoms with Crippen molar-refractivity contribution in [2.24, 2.45) is 0 Å². The molecule has 0 spiro atoms. The Balaban J connectivity index is -0.000000128. The largest absolute Gasteiger partial charge is 0.461 e. The number of hydrogen-bond donors (Lipinski definition) is 0. The molecule has 0 aliphatic carbocycles. The summed E-state index contributed by atoms with van der Waals surface area (Å²) in [6.45, 7) is 13.1. The Labute approximate surface area is 228 Å². The Morgan fingerprint density at radius 2 is 0.914 bits per heavy atom. The van der Waals surface area contributed by atoms with Crippen LogP contribution in [0.2, 0.25) is 0 Å². The molecule has 0 aromatic carbocycles. The van der Waals surface area contributed by atoms with Crippen molar-refractivity contribution in [3.63, 3.8) is 0 Å². The molecule has 0 aliphatic rings. The van der Waals surface area contributed by atoms with Crippen LogP contribution in [0.3, 0.4) is 0 Å². The van der Waals surface area contributed by atoms with E-state index in [1.807, 2.05) is 38.0 Å². The maximum absolute atomic E-state index is 10.7. The van der Waals surface area contributed by atoms with Gasteiger partial charge in [-0.15, -0.1) is 0 Å². The first-order chi connectivity index (χ1) is 15.9. The Morgan fingerprint density at radius 1 is 0.657 bits per heavy atom. The minimum atomic E-state index is -1.41. The van der Waals surface area contributed by atoms with Gasteiger partial charge in [-0.3, -0.25) is 0 Å². The number of hydrogen-bond acceptors (Lipinski definition) is 8. The summed E-state index contributed by atoms with van der Waals surface area (Å²) in [5.41, 5.74) is 0. The fourth-order valence-corrected chi connectivity index (χ4v) is 1.03. The summed E-state index contributed by atoms with van der Waals surface area (Å²) < 4.78 is 9.29. The molecule has 0 saturated heterocycles. The van der Waals surface area contributed by atoms with E-state index in [9.17, 15) is 29.4 Å². The van der Waals surface area contributed by atoms with Crippen LogP contribution in [0.25, 0.3) is 0 Å². The zero-order valence-electron chi connectivity index (χ0n) is 22.0. The van der Waals surface area contributed by atoms with Crippen LogP contribution in [-0.4, -0.2) is 112 Å². The zero-order chi connectivity index (χ0) is 27.4. The third-order valence-corrected chi connectivity index (χ3v) is 2.98. The van der Waals surface area contributed by atoms with Gasteiger partial charge in [0.15, 0.2) is 0 Å². The molecule has 0 aromatic heterocycles. The van der Waals surface area contributed by atoms with Gasteiger partial charge in [-0.1, -0.05) is 53.4 Å². The smallest absolute Gasteiger partial charge is 0.379 e. The monoisotopic (exact) mass is 606 g/mol. The van der Waals surface area contributed by atoms with Gasteiger partial charge in [0, 0.05) is 61.3 Å². The minimum absolute atomic E-state index is 0. The molecule has 10 nitrogen and oxygen atoms in total. The Morgan fingerprint density at radius 3 is 1.09 bits per heavy atom. The van der Waals surface area contributed by atoms with Gasteiger partial charge in [0.05, 0.1) is 0 Å². The van der Waals surface area contributed by atoms with Gasteiger partial charge >= 0.3 is 23.9 Å². The van der Waals surface area contributed by atoms with Gasteiger partial charge in [-0.05, 0) is 28.2 Å². The summed E-state index contributed by atoms with van der Waals surface area (Å²) in [6, 6.07) is 0. The van der Waals surface area contributed by atoms with Crippen molar-refractivity contribution in [1.29, 1.82) is 0 Å². The van der Waals surface area contributed by atoms with Gasteiger partial charge in [0.25, 0.3) is 0 Å². The Kier molecular flexibility index (Phi) is 42.2. The summed E-state index contributed by atoms with van der Waals surface area (Å²) in [7, 11) is 7.35. The molecule has 0 rings (SSSR count). The van der Waals surface area contributed by atoms with Crippen LogP contribution in [0.5, 0.6) is 0 Å². The third kappa shape index (κ3) is 59.5. The predicted molar refractivity (Wildman–Crippen MR) is 135 cm³/mol. The maximum atomic E-state index is 10.7. The summed E-state index contributed by atoms with van der Waals surface area (Å²) in [5.74, 6) is -4.17. The second kappa shape index (κ2) is 34.2. The fourth-order valence-electron chi connectivity index (χ4n) is 1.03. The van der Waals surface area contributed by atoms with E-state index in [0.29, 0.717) is 25.2 Å². The normalized spacial score (nSPS) is 9.66. The standard InChI is InChI=1S/2C8H12NO4.2C4H9.Sn/c2*1-9(2)5-6-13-8(12)4-3-7(10)11;2*1-3-4-2;/h2*3-4H,5-6H2,1-2H3;2*1,3-4H2,2H3;/b2*4-3+;;;. The van der Waals surface area contributed by atoms with Crippen LogP contribution in [0.4, 0.5) is 0 Å². The van der Waals surface area contributed by atoms with E-state index in [1.165, 1.54) is 12.8 Å². The van der Waals surface area contributed by atoms with Crippen LogP contribution < -0.4 is 0 Å². The van der Waals surface area contributed by atoms with E-state index < -0.39 is 23.9 Å². The number of nitrogens with zero attached hydrogens (tertiary/aromatic N) is 2. The number of carbonyl (C=O) groups excluding carboxylic acids is 4. The molecular formula is C24H42N2O8Sn. The molecular weight excluding hydrogens is 563 g/mol. The number of unbranched alkanes of at least 4 members (excludes halogenated alkanes) is 2. The summed E-state index contributed by atoms with van der Waals surface area (Å²) in [4.78, 5) is 44.9. The van der Waals surface area contributed by atoms with Gasteiger partial charge in [-0.2, -0.15) is 0 Å². The first kappa shape index (κ1) is 43.2. The van der Waals surface area contributed by atoms with E-state index in [2.05, 4.69) is 37.2 Å². The minimum Gasteiger partial charge on any atom is -0.461 e. The average Bonchev–Trinajstić information content (AvgIpc) is 2.76. The molecule has 8 radical (unpaired) electrons. The van der Waals surface area contributed by atoms with Gasteiger partial charge < -0.3 is 19.3 Å². The van der Waals surface area contributed by atoms with E-state index in [4.69, 9.17) is 0 Å². The first-order valence-electron chi connectivity index (χ1n) is 10.9. The molecule has 0 bridgehead atoms. The maximum Gasteiger partial charge on any atom is 0.379 e. The van der Waals surface area contributed by atoms with E-state index in [-0.39, 0.29) is 37.1 Å². The van der Waals surface area contributed by atoms with Gasteiger partial charge in [-0.25, -0.2) is 29.4 Å². The number of esters is 2. The number of likely N-dealkylation sites (N-methyl/N-ethyl adjacent to an activating group) is 2. The molecule has 11 heteroatoms. The summed E-state index contributed by atoms with van der Waals surface area (Å²) >= 11 is 0. The van der Waals surface area contributed by atoms with Crippen LogP contribution in [0.15, 0.2) is 24.3 Å². The molecule has 0 fully saturated rings. The molecule has 0 aliphatic heterocycles. The van der Waals surface area contributed by atoms with Crippen molar-refractivity contribution >= 4 is 47.8 Å². The number of rotatable bonds is 12. The second-order valence-electron chi connectivity index (χ2n) is 6.95. The Hall–Kier alpha value is -1.92. The number of ether oxygens (including phenoxy) is 2. The van der Waals surface area contributed by atoms with Crippen molar-refractivity contribution in [3.05, 3.63) is 38.2 Å². The molecule has 0 unspecified atom stereocenters. The molecule has 0 saturated carbocycles. The van der Waals surface area contributed by atoms with Crippen molar-refractivity contribution in [2.45, 2.75) is 39.5 Å². The number of carbonyl (C=O) groups is 4. The topological polar surface area (TPSA) is 133 Å². The van der Waals surface area contributed by atoms with E-state index in [1.54, 1.807) is 0 Å². The SMILES string of the molecule is CN(C)CCOC(=O)/C=C/C([O])=O.CN(C)CCOC(=O)/C=C/C([O])=O.[CH2]CCC.[CH2]CCC.[Sn]. The quantitative estimate of drug-likeness (QED) is 0.188. The van der Waals surface area contributed by atoms with Gasteiger partial charge in [0.1, 0.15) is 13.2 Å². The summed E-state index contributed by atoms with van der Waals surface area (Å²) in [6.07, 6.45) is 7.48. The van der Waals surface area contributed by atoms with Crippen LogP contribution in [0, 0.1) is 13.8 Å². The molecule has 200 valence electrons. The van der Waals surface area contributed by atoms with Crippen molar-refractivity contribution in [2.75, 3.05) is 54.5 Å². The van der Waals surface area contributed by atoms with E-state index in [0.717, 1.165) is 25.0 Å². The van der Waals surface area contributed by atoms with Crippen LogP contribution >= 0.6 is 0 Å². The molecule has 0 amide bonds. The molecule has 0 N–H and O–H groups in total. The predicted octanol–water partition coefficient (Wildman–Crippen LogP) is 2.07. The van der Waals surface area contributed by atoms with Crippen molar-refractivity contribution in [1.82, 2.24) is 9.80 Å². The fraction of sp³-hybridized carbons (Fsp3) is 0.583. The Bertz CT molecular complexity index is 526. The molecule has 0 heterocycles. The van der Waals surface area contributed by atoms with E-state index >= 15 is 0 Å². The van der Waals surface area contributed by atoms with Gasteiger partial charge in [0.2, 0.25) is 0 Å². The zero-order valence-corrected chi connectivity index (χ0v) is 24.9. The molecule has 35 heavy (non-hydrogen) atoms. The second-order valence-corrected chi connectivity index (χ2v) is 6.95. The van der Waals surface area contributed by atoms with Crippen LogP contribution in [0.1, 0.15) is 39.5 Å². The van der Waals surface area contributed by atoms with Crippen LogP contribution in [-0.2, 0) is 38.9 Å². The first-order valence-corrected chi connectivity index (χ1v) is 10.9. The summed E-state index contributed by atoms with van der Waals surface area (Å²) in [5, 5.41) is 19.7.